The molecule has 0 spiro atoms. The van der Waals surface area contributed by atoms with Crippen LogP contribution in [0.25, 0.3) is 0 Å². The lowest BCUT2D eigenvalue weighted by Crippen LogP contribution is -2.51. The van der Waals surface area contributed by atoms with Crippen LogP contribution in [-0.2, 0) is 16.0 Å². The van der Waals surface area contributed by atoms with Gasteiger partial charge in [-0.2, -0.15) is 0 Å². The van der Waals surface area contributed by atoms with E-state index >= 15 is 0 Å². The summed E-state index contributed by atoms with van der Waals surface area (Å²) in [6.45, 7) is 8.19. The van der Waals surface area contributed by atoms with Gasteiger partial charge in [0, 0.05) is 38.9 Å². The summed E-state index contributed by atoms with van der Waals surface area (Å²) >= 11 is 0. The highest BCUT2D eigenvalue weighted by Crippen LogP contribution is 2.24. The van der Waals surface area contributed by atoms with E-state index in [2.05, 4.69) is 45.4 Å². The van der Waals surface area contributed by atoms with Crippen LogP contribution in [0.5, 0.6) is 0 Å². The first-order chi connectivity index (χ1) is 14.8. The zero-order valence-electron chi connectivity index (χ0n) is 18.4. The van der Waals surface area contributed by atoms with Gasteiger partial charge in [-0.3, -0.25) is 9.69 Å². The SMILES string of the molecule is O=C(NCC1CCOCC1)[C@@H]1CCCN(C2CCN(CCc3ccccc3)CC2)C1. The molecule has 0 aromatic heterocycles. The summed E-state index contributed by atoms with van der Waals surface area (Å²) in [4.78, 5) is 18.0. The minimum Gasteiger partial charge on any atom is -0.381 e. The van der Waals surface area contributed by atoms with Crippen LogP contribution >= 0.6 is 0 Å². The summed E-state index contributed by atoms with van der Waals surface area (Å²) in [6, 6.07) is 11.5. The minimum absolute atomic E-state index is 0.176. The monoisotopic (exact) mass is 413 g/mol. The van der Waals surface area contributed by atoms with Gasteiger partial charge < -0.3 is 15.0 Å². The maximum absolute atomic E-state index is 12.8. The highest BCUT2D eigenvalue weighted by Gasteiger charge is 2.31. The Balaban J connectivity index is 1.17. The van der Waals surface area contributed by atoms with Crippen LogP contribution in [-0.4, -0.2) is 74.2 Å². The Bertz CT molecular complexity index is 639. The molecule has 0 bridgehead atoms. The van der Waals surface area contributed by atoms with Crippen molar-refractivity contribution in [2.24, 2.45) is 11.8 Å². The molecule has 5 nitrogen and oxygen atoms in total. The van der Waals surface area contributed by atoms with E-state index in [4.69, 9.17) is 4.74 Å². The van der Waals surface area contributed by atoms with Gasteiger partial charge >= 0.3 is 0 Å². The third-order valence-electron chi connectivity index (χ3n) is 7.36. The van der Waals surface area contributed by atoms with Crippen molar-refractivity contribution >= 4 is 5.91 Å². The fraction of sp³-hybridized carbons (Fsp3) is 0.720. The Morgan fingerprint density at radius 3 is 2.53 bits per heavy atom. The number of nitrogens with one attached hydrogen (secondary N) is 1. The average molecular weight is 414 g/mol. The zero-order valence-corrected chi connectivity index (χ0v) is 18.4. The van der Waals surface area contributed by atoms with E-state index < -0.39 is 0 Å². The molecule has 1 atom stereocenters. The van der Waals surface area contributed by atoms with Crippen LogP contribution in [0.1, 0.15) is 44.1 Å². The Labute approximate surface area is 182 Å². The van der Waals surface area contributed by atoms with Crippen molar-refractivity contribution in [3.05, 3.63) is 35.9 Å². The number of amides is 1. The molecule has 0 aliphatic carbocycles. The zero-order chi connectivity index (χ0) is 20.6. The van der Waals surface area contributed by atoms with Crippen molar-refractivity contribution in [3.8, 4) is 0 Å². The number of nitrogens with zero attached hydrogens (tertiary/aromatic N) is 2. The van der Waals surface area contributed by atoms with Gasteiger partial charge in [0.05, 0.1) is 5.92 Å². The van der Waals surface area contributed by atoms with E-state index in [1.54, 1.807) is 0 Å². The van der Waals surface area contributed by atoms with Crippen LogP contribution in [0.3, 0.4) is 0 Å². The summed E-state index contributed by atoms with van der Waals surface area (Å²) in [6.07, 6.45) is 8.00. The molecule has 3 heterocycles. The Kier molecular flexibility index (Phi) is 8.18. The smallest absolute Gasteiger partial charge is 0.224 e. The van der Waals surface area contributed by atoms with E-state index in [1.165, 1.54) is 38.0 Å². The van der Waals surface area contributed by atoms with Crippen molar-refractivity contribution in [2.75, 3.05) is 52.5 Å². The van der Waals surface area contributed by atoms with Crippen molar-refractivity contribution in [2.45, 2.75) is 51.0 Å². The quantitative estimate of drug-likeness (QED) is 0.747. The molecule has 3 saturated heterocycles. The normalized spacial score (nSPS) is 25.3. The molecule has 3 aliphatic rings. The van der Waals surface area contributed by atoms with Crippen LogP contribution in [0.4, 0.5) is 0 Å². The van der Waals surface area contributed by atoms with E-state index in [0.717, 1.165) is 65.0 Å². The third kappa shape index (κ3) is 6.29. The molecule has 3 fully saturated rings. The molecular formula is C25H39N3O2. The summed E-state index contributed by atoms with van der Waals surface area (Å²) in [5.41, 5.74) is 1.44. The van der Waals surface area contributed by atoms with Crippen LogP contribution in [0.15, 0.2) is 30.3 Å². The second-order valence-corrected chi connectivity index (χ2v) is 9.44. The molecule has 0 saturated carbocycles. The lowest BCUT2D eigenvalue weighted by Gasteiger charge is -2.42. The Morgan fingerprint density at radius 2 is 1.77 bits per heavy atom. The highest BCUT2D eigenvalue weighted by molar-refractivity contribution is 5.79. The van der Waals surface area contributed by atoms with Gasteiger partial charge in [0.25, 0.3) is 0 Å². The maximum atomic E-state index is 12.8. The van der Waals surface area contributed by atoms with Crippen molar-refractivity contribution in [1.29, 1.82) is 0 Å². The fourth-order valence-electron chi connectivity index (χ4n) is 5.33. The summed E-state index contributed by atoms with van der Waals surface area (Å²) in [5, 5.41) is 3.26. The van der Waals surface area contributed by atoms with Crippen LogP contribution < -0.4 is 5.32 Å². The summed E-state index contributed by atoms with van der Waals surface area (Å²) < 4.78 is 5.43. The third-order valence-corrected chi connectivity index (χ3v) is 7.36. The first-order valence-corrected chi connectivity index (χ1v) is 12.1. The number of hydrogen-bond donors (Lipinski definition) is 1. The molecule has 30 heavy (non-hydrogen) atoms. The predicted molar refractivity (Wildman–Crippen MR) is 120 cm³/mol. The van der Waals surface area contributed by atoms with E-state index in [1.807, 2.05) is 0 Å². The van der Waals surface area contributed by atoms with Gasteiger partial charge in [0.2, 0.25) is 5.91 Å². The van der Waals surface area contributed by atoms with Crippen molar-refractivity contribution < 1.29 is 9.53 Å². The summed E-state index contributed by atoms with van der Waals surface area (Å²) in [7, 11) is 0. The number of carbonyl (C=O) groups is 1. The van der Waals surface area contributed by atoms with Crippen molar-refractivity contribution in [3.63, 3.8) is 0 Å². The molecule has 1 aromatic carbocycles. The van der Waals surface area contributed by atoms with Crippen LogP contribution in [0, 0.1) is 11.8 Å². The maximum Gasteiger partial charge on any atom is 0.224 e. The molecule has 166 valence electrons. The van der Waals surface area contributed by atoms with E-state index in [0.29, 0.717) is 12.0 Å². The minimum atomic E-state index is 0.176. The first kappa shape index (κ1) is 21.8. The number of ether oxygens (including phenoxy) is 1. The number of carbonyl (C=O) groups excluding carboxylic acids is 1. The van der Waals surface area contributed by atoms with Gasteiger partial charge in [-0.15, -0.1) is 0 Å². The molecular weight excluding hydrogens is 374 g/mol. The van der Waals surface area contributed by atoms with E-state index in [-0.39, 0.29) is 11.8 Å². The summed E-state index contributed by atoms with van der Waals surface area (Å²) in [5.74, 6) is 1.06. The first-order valence-electron chi connectivity index (χ1n) is 12.1. The van der Waals surface area contributed by atoms with Gasteiger partial charge in [-0.25, -0.2) is 0 Å². The average Bonchev–Trinajstić information content (AvgIpc) is 2.83. The van der Waals surface area contributed by atoms with Gasteiger partial charge in [0.1, 0.15) is 0 Å². The highest BCUT2D eigenvalue weighted by atomic mass is 16.5. The Morgan fingerprint density at radius 1 is 1.00 bits per heavy atom. The van der Waals surface area contributed by atoms with Gasteiger partial charge in [-0.1, -0.05) is 30.3 Å². The predicted octanol–water partition coefficient (Wildman–Crippen LogP) is 2.95. The molecule has 0 radical (unpaired) electrons. The standard InChI is InChI=1S/C25H39N3O2/c29-25(26-19-22-11-17-30-18-12-22)23-7-4-13-28(20-23)24-9-15-27(16-10-24)14-8-21-5-2-1-3-6-21/h1-3,5-6,22-24H,4,7-20H2,(H,26,29)/t23-/m1/s1. The number of rotatable bonds is 7. The van der Waals surface area contributed by atoms with Crippen LogP contribution in [0.2, 0.25) is 0 Å². The van der Waals surface area contributed by atoms with E-state index in [9.17, 15) is 4.79 Å². The second kappa shape index (κ2) is 11.3. The molecule has 1 aromatic rings. The molecule has 1 amide bonds. The number of hydrogen-bond acceptors (Lipinski definition) is 4. The fourth-order valence-corrected chi connectivity index (χ4v) is 5.33. The number of likely N-dealkylation sites (tertiary alicyclic amines) is 2. The van der Waals surface area contributed by atoms with Gasteiger partial charge in [-0.05, 0) is 76.1 Å². The van der Waals surface area contributed by atoms with Gasteiger partial charge in [0.15, 0.2) is 0 Å². The second-order valence-electron chi connectivity index (χ2n) is 9.44. The van der Waals surface area contributed by atoms with Crippen molar-refractivity contribution in [1.82, 2.24) is 15.1 Å². The lowest BCUT2D eigenvalue weighted by molar-refractivity contribution is -0.127. The lowest BCUT2D eigenvalue weighted by atomic mass is 9.92. The molecule has 5 heteroatoms. The molecule has 0 unspecified atom stereocenters. The number of piperidine rings is 2. The molecule has 3 aliphatic heterocycles. The largest absolute Gasteiger partial charge is 0.381 e. The molecule has 4 rings (SSSR count). The topological polar surface area (TPSA) is 44.8 Å². The Hall–Kier alpha value is -1.43. The number of benzene rings is 1. The molecule has 1 N–H and O–H groups in total.